The van der Waals surface area contributed by atoms with Gasteiger partial charge in [-0.05, 0) is 24.1 Å². The van der Waals surface area contributed by atoms with Crippen LogP contribution in [0.15, 0.2) is 24.3 Å². The Morgan fingerprint density at radius 1 is 1.25 bits per heavy atom. The quantitative estimate of drug-likeness (QED) is 0.679. The second kappa shape index (κ2) is 4.78. The van der Waals surface area contributed by atoms with E-state index >= 15 is 0 Å². The number of hydrogen-bond acceptors (Lipinski definition) is 2. The van der Waals surface area contributed by atoms with E-state index in [2.05, 4.69) is 7.11 Å². The Morgan fingerprint density at radius 2 is 1.92 bits per heavy atom. The minimum atomic E-state index is 0.755. The minimum absolute atomic E-state index is 0.755. The molecule has 0 heterocycles. The van der Waals surface area contributed by atoms with Crippen molar-refractivity contribution in [2.75, 3.05) is 13.7 Å². The summed E-state index contributed by atoms with van der Waals surface area (Å²) in [5.74, 6) is 0.788. The lowest BCUT2D eigenvalue weighted by atomic mass is 10.1. The number of hydrogen-bond donors (Lipinski definition) is 0. The summed E-state index contributed by atoms with van der Waals surface area (Å²) in [6, 6.07) is 7.83. The predicted molar refractivity (Wildman–Crippen MR) is 48.0 cm³/mol. The first-order chi connectivity index (χ1) is 5.86. The van der Waals surface area contributed by atoms with Crippen molar-refractivity contribution in [2.24, 2.45) is 0 Å². The van der Waals surface area contributed by atoms with Gasteiger partial charge in [0.1, 0.15) is 12.9 Å². The highest BCUT2D eigenvalue weighted by atomic mass is 16.5. The predicted octanol–water partition coefficient (Wildman–Crippen LogP) is 2.05. The van der Waals surface area contributed by atoms with Gasteiger partial charge in [0.2, 0.25) is 0 Å². The Kier molecular flexibility index (Phi) is 3.61. The van der Waals surface area contributed by atoms with Crippen molar-refractivity contribution in [2.45, 2.75) is 6.42 Å². The maximum Gasteiger partial charge on any atom is 0.122 e. The molecule has 1 aromatic carbocycles. The van der Waals surface area contributed by atoms with Crippen LogP contribution in [-0.2, 0) is 11.2 Å². The molecule has 1 radical (unpaired) electrons. The van der Waals surface area contributed by atoms with E-state index < -0.39 is 0 Å². The SMILES string of the molecule is [CH2]Oc1ccc(CCOC)cc1. The van der Waals surface area contributed by atoms with Crippen molar-refractivity contribution in [3.63, 3.8) is 0 Å². The van der Waals surface area contributed by atoms with Crippen LogP contribution in [0.4, 0.5) is 0 Å². The number of methoxy groups -OCH3 is 1. The molecule has 0 fully saturated rings. The average molecular weight is 165 g/mol. The molecular weight excluding hydrogens is 152 g/mol. The van der Waals surface area contributed by atoms with Gasteiger partial charge < -0.3 is 9.47 Å². The van der Waals surface area contributed by atoms with Gasteiger partial charge in [0.15, 0.2) is 0 Å². The largest absolute Gasteiger partial charge is 0.490 e. The van der Waals surface area contributed by atoms with E-state index in [1.165, 1.54) is 5.56 Å². The first-order valence-electron chi connectivity index (χ1n) is 3.86. The summed E-state index contributed by atoms with van der Waals surface area (Å²) in [7, 11) is 5.02. The van der Waals surface area contributed by atoms with Crippen LogP contribution in [-0.4, -0.2) is 13.7 Å². The molecule has 0 aliphatic heterocycles. The molecule has 1 rings (SSSR count). The van der Waals surface area contributed by atoms with E-state index in [1.807, 2.05) is 24.3 Å². The zero-order valence-electron chi connectivity index (χ0n) is 7.25. The second-order valence-corrected chi connectivity index (χ2v) is 2.53. The molecule has 0 N–H and O–H groups in total. The summed E-state index contributed by atoms with van der Waals surface area (Å²) in [4.78, 5) is 0. The van der Waals surface area contributed by atoms with Crippen molar-refractivity contribution in [1.29, 1.82) is 0 Å². The third kappa shape index (κ3) is 2.55. The van der Waals surface area contributed by atoms with Crippen molar-refractivity contribution < 1.29 is 9.47 Å². The number of rotatable bonds is 4. The highest BCUT2D eigenvalue weighted by Crippen LogP contribution is 2.11. The lowest BCUT2D eigenvalue weighted by Crippen LogP contribution is -1.93. The zero-order chi connectivity index (χ0) is 8.81. The molecule has 0 bridgehead atoms. The average Bonchev–Trinajstić information content (AvgIpc) is 2.15. The van der Waals surface area contributed by atoms with E-state index in [1.54, 1.807) is 7.11 Å². The number of benzene rings is 1. The van der Waals surface area contributed by atoms with Crippen LogP contribution < -0.4 is 4.74 Å². The fourth-order valence-electron chi connectivity index (χ4n) is 0.972. The molecule has 0 saturated carbocycles. The monoisotopic (exact) mass is 165 g/mol. The lowest BCUT2D eigenvalue weighted by molar-refractivity contribution is 0.202. The molecule has 0 atom stereocenters. The Balaban J connectivity index is 2.53. The van der Waals surface area contributed by atoms with Crippen LogP contribution in [0.3, 0.4) is 0 Å². The molecule has 65 valence electrons. The first kappa shape index (κ1) is 9.07. The van der Waals surface area contributed by atoms with Gasteiger partial charge in [-0.3, -0.25) is 0 Å². The Bertz CT molecular complexity index is 216. The van der Waals surface area contributed by atoms with Gasteiger partial charge in [0.05, 0.1) is 6.61 Å². The highest BCUT2D eigenvalue weighted by Gasteiger charge is 1.93. The van der Waals surface area contributed by atoms with Gasteiger partial charge >= 0.3 is 0 Å². The standard InChI is InChI=1S/C10H13O2/c1-11-8-7-9-3-5-10(12-2)6-4-9/h3-6H,2,7-8H2,1H3. The van der Waals surface area contributed by atoms with Crippen LogP contribution in [0.5, 0.6) is 5.75 Å². The molecule has 0 aliphatic rings. The Labute approximate surface area is 73.1 Å². The minimum Gasteiger partial charge on any atom is -0.490 e. The molecule has 0 amide bonds. The Hall–Kier alpha value is -1.02. The highest BCUT2D eigenvalue weighted by molar-refractivity contribution is 5.27. The van der Waals surface area contributed by atoms with E-state index in [9.17, 15) is 0 Å². The molecule has 0 spiro atoms. The molecule has 12 heavy (non-hydrogen) atoms. The number of ether oxygens (including phenoxy) is 2. The summed E-state index contributed by atoms with van der Waals surface area (Å²) in [6.45, 7) is 0.755. The van der Waals surface area contributed by atoms with Gasteiger partial charge in [-0.1, -0.05) is 12.1 Å². The van der Waals surface area contributed by atoms with Crippen LogP contribution in [0, 0.1) is 7.11 Å². The van der Waals surface area contributed by atoms with Crippen LogP contribution in [0.1, 0.15) is 5.56 Å². The fourth-order valence-corrected chi connectivity index (χ4v) is 0.972. The molecule has 2 nitrogen and oxygen atoms in total. The maximum atomic E-state index is 4.96. The van der Waals surface area contributed by atoms with E-state index in [0.717, 1.165) is 18.8 Å². The van der Waals surface area contributed by atoms with Crippen molar-refractivity contribution in [1.82, 2.24) is 0 Å². The van der Waals surface area contributed by atoms with Gasteiger partial charge in [-0.15, -0.1) is 0 Å². The summed E-state index contributed by atoms with van der Waals surface area (Å²) in [5.41, 5.74) is 1.25. The van der Waals surface area contributed by atoms with Crippen LogP contribution >= 0.6 is 0 Å². The van der Waals surface area contributed by atoms with E-state index in [-0.39, 0.29) is 0 Å². The second-order valence-electron chi connectivity index (χ2n) is 2.53. The van der Waals surface area contributed by atoms with Crippen LogP contribution in [0.25, 0.3) is 0 Å². The third-order valence-electron chi connectivity index (χ3n) is 1.68. The van der Waals surface area contributed by atoms with E-state index in [0.29, 0.717) is 0 Å². The van der Waals surface area contributed by atoms with Gasteiger partial charge in [-0.25, -0.2) is 0 Å². The van der Waals surface area contributed by atoms with Crippen molar-refractivity contribution in [3.05, 3.63) is 36.9 Å². The lowest BCUT2D eigenvalue weighted by Gasteiger charge is -2.01. The van der Waals surface area contributed by atoms with Gasteiger partial charge in [0, 0.05) is 7.11 Å². The molecule has 0 saturated heterocycles. The van der Waals surface area contributed by atoms with Gasteiger partial charge in [0.25, 0.3) is 0 Å². The zero-order valence-corrected chi connectivity index (χ0v) is 7.25. The maximum absolute atomic E-state index is 4.96. The third-order valence-corrected chi connectivity index (χ3v) is 1.68. The molecule has 0 aliphatic carbocycles. The molecule has 0 aromatic heterocycles. The summed E-state index contributed by atoms with van der Waals surface area (Å²) in [6.07, 6.45) is 0.938. The molecular formula is C10H13O2. The normalized spacial score (nSPS) is 9.83. The van der Waals surface area contributed by atoms with Crippen molar-refractivity contribution in [3.8, 4) is 5.75 Å². The fraction of sp³-hybridized carbons (Fsp3) is 0.300. The van der Waals surface area contributed by atoms with Gasteiger partial charge in [-0.2, -0.15) is 0 Å². The van der Waals surface area contributed by atoms with Crippen LogP contribution in [0.2, 0.25) is 0 Å². The molecule has 0 unspecified atom stereocenters. The summed E-state index contributed by atoms with van der Waals surface area (Å²) in [5, 5.41) is 0. The smallest absolute Gasteiger partial charge is 0.122 e. The molecule has 1 aromatic rings. The Morgan fingerprint density at radius 3 is 2.42 bits per heavy atom. The molecule has 2 heteroatoms. The summed E-state index contributed by atoms with van der Waals surface area (Å²) < 4.78 is 9.75. The summed E-state index contributed by atoms with van der Waals surface area (Å²) >= 11 is 0. The topological polar surface area (TPSA) is 18.5 Å². The van der Waals surface area contributed by atoms with E-state index in [4.69, 9.17) is 9.47 Å². The first-order valence-corrected chi connectivity index (χ1v) is 3.86. The van der Waals surface area contributed by atoms with Crippen molar-refractivity contribution >= 4 is 0 Å².